The number of fused-ring (bicyclic) bond motifs is 2. The van der Waals surface area contributed by atoms with Crippen LogP contribution in [0.1, 0.15) is 24.6 Å². The predicted molar refractivity (Wildman–Crippen MR) is 74.6 cm³/mol. The van der Waals surface area contributed by atoms with E-state index in [2.05, 4.69) is 15.0 Å². The molecule has 0 saturated carbocycles. The lowest BCUT2D eigenvalue weighted by atomic mass is 10.1. The first-order valence-electron chi connectivity index (χ1n) is 6.93. The van der Waals surface area contributed by atoms with E-state index in [-0.39, 0.29) is 11.3 Å². The maximum atomic E-state index is 12.5. The van der Waals surface area contributed by atoms with Crippen LogP contribution in [0.25, 0.3) is 10.9 Å². The van der Waals surface area contributed by atoms with Crippen molar-refractivity contribution < 1.29 is 17.9 Å². The summed E-state index contributed by atoms with van der Waals surface area (Å²) in [5.41, 5.74) is 3.15. The molecule has 6 heteroatoms. The van der Waals surface area contributed by atoms with Gasteiger partial charge in [0.15, 0.2) is 5.75 Å². The Kier molecular flexibility index (Phi) is 3.39. The average molecular weight is 296 g/mol. The molecule has 3 nitrogen and oxygen atoms in total. The lowest BCUT2D eigenvalue weighted by Crippen LogP contribution is -2.17. The van der Waals surface area contributed by atoms with Crippen LogP contribution in [0, 0.1) is 0 Å². The second-order valence-electron chi connectivity index (χ2n) is 5.00. The van der Waals surface area contributed by atoms with Gasteiger partial charge in [0.05, 0.1) is 0 Å². The number of nitrogens with one attached hydrogen (secondary N) is 1. The number of nitrogens with zero attached hydrogens (tertiary/aromatic N) is 1. The maximum absolute atomic E-state index is 12.5. The maximum Gasteiger partial charge on any atom is 0.573 e. The molecule has 0 bridgehead atoms. The summed E-state index contributed by atoms with van der Waals surface area (Å²) in [6.45, 7) is 2.67. The number of alkyl halides is 3. The summed E-state index contributed by atoms with van der Waals surface area (Å²) in [7, 11) is 0. The van der Waals surface area contributed by atoms with Gasteiger partial charge in [-0.15, -0.1) is 13.2 Å². The lowest BCUT2D eigenvalue weighted by molar-refractivity contribution is -0.274. The summed E-state index contributed by atoms with van der Waals surface area (Å²) in [5.74, 6) is -0.242. The molecule has 1 aliphatic carbocycles. The number of hydrogen-bond acceptors (Lipinski definition) is 3. The van der Waals surface area contributed by atoms with Crippen LogP contribution in [0.15, 0.2) is 18.2 Å². The van der Waals surface area contributed by atoms with Gasteiger partial charge in [0.25, 0.3) is 0 Å². The topological polar surface area (TPSA) is 34.2 Å². The van der Waals surface area contributed by atoms with Crippen LogP contribution in [0.3, 0.4) is 0 Å². The first-order chi connectivity index (χ1) is 9.99. The molecule has 0 atom stereocenters. The van der Waals surface area contributed by atoms with Gasteiger partial charge < -0.3 is 10.1 Å². The second kappa shape index (κ2) is 5.09. The van der Waals surface area contributed by atoms with Gasteiger partial charge in [-0.25, -0.2) is 4.98 Å². The monoisotopic (exact) mass is 296 g/mol. The minimum Gasteiger partial charge on any atom is -0.403 e. The van der Waals surface area contributed by atoms with Crippen LogP contribution in [0.2, 0.25) is 0 Å². The third kappa shape index (κ3) is 2.62. The summed E-state index contributed by atoms with van der Waals surface area (Å²) in [6, 6.07) is 4.65. The molecule has 0 fully saturated rings. The quantitative estimate of drug-likeness (QED) is 0.927. The normalized spacial score (nSPS) is 14.3. The molecule has 1 aromatic heterocycles. The van der Waals surface area contributed by atoms with Crippen molar-refractivity contribution in [2.24, 2.45) is 0 Å². The van der Waals surface area contributed by atoms with Crippen molar-refractivity contribution in [2.75, 3.05) is 11.9 Å². The van der Waals surface area contributed by atoms with Crippen molar-refractivity contribution in [1.82, 2.24) is 4.98 Å². The van der Waals surface area contributed by atoms with Crippen LogP contribution in [-0.2, 0) is 12.8 Å². The fraction of sp³-hybridized carbons (Fsp3) is 0.400. The Morgan fingerprint density at radius 3 is 2.81 bits per heavy atom. The Balaban J connectivity index is 2.22. The van der Waals surface area contributed by atoms with Gasteiger partial charge in [-0.3, -0.25) is 0 Å². The summed E-state index contributed by atoms with van der Waals surface area (Å²) < 4.78 is 41.7. The first-order valence-corrected chi connectivity index (χ1v) is 6.93. The van der Waals surface area contributed by atoms with E-state index in [9.17, 15) is 13.2 Å². The van der Waals surface area contributed by atoms with Crippen LogP contribution in [-0.4, -0.2) is 17.9 Å². The van der Waals surface area contributed by atoms with Gasteiger partial charge in [-0.1, -0.05) is 12.1 Å². The summed E-state index contributed by atoms with van der Waals surface area (Å²) >= 11 is 0. The summed E-state index contributed by atoms with van der Waals surface area (Å²) in [4.78, 5) is 4.42. The number of para-hydroxylation sites is 1. The summed E-state index contributed by atoms with van der Waals surface area (Å²) in [6.07, 6.45) is -2.03. The largest absolute Gasteiger partial charge is 0.573 e. The number of aryl methyl sites for hydroxylation is 1. The molecular formula is C15H15F3N2O. The number of benzene rings is 1. The SMILES string of the molecule is CCNc1c2c(nc3c(OC(F)(F)F)cccc13)CCC2. The Morgan fingerprint density at radius 2 is 2.10 bits per heavy atom. The Labute approximate surface area is 120 Å². The standard InChI is InChI=1S/C15H15F3N2O/c1-2-19-13-9-5-3-7-11(9)20-14-10(13)6-4-8-12(14)21-15(16,17)18/h4,6,8H,2-3,5,7H2,1H3,(H,19,20). The third-order valence-electron chi connectivity index (χ3n) is 3.58. The predicted octanol–water partition coefficient (Wildman–Crippen LogP) is 4.05. The van der Waals surface area contributed by atoms with Crippen LogP contribution in [0.5, 0.6) is 5.75 Å². The Bertz CT molecular complexity index is 683. The molecule has 0 aliphatic heterocycles. The van der Waals surface area contributed by atoms with Crippen molar-refractivity contribution in [3.63, 3.8) is 0 Å². The molecule has 1 aromatic carbocycles. The minimum atomic E-state index is -4.71. The van der Waals surface area contributed by atoms with Crippen molar-refractivity contribution in [1.29, 1.82) is 0 Å². The molecular weight excluding hydrogens is 281 g/mol. The number of halogens is 3. The van der Waals surface area contributed by atoms with Gasteiger partial charge in [0.2, 0.25) is 0 Å². The molecule has 112 valence electrons. The van der Waals surface area contributed by atoms with Crippen molar-refractivity contribution >= 4 is 16.6 Å². The van der Waals surface area contributed by atoms with Crippen molar-refractivity contribution in [3.05, 3.63) is 29.5 Å². The molecule has 0 radical (unpaired) electrons. The lowest BCUT2D eigenvalue weighted by Gasteiger charge is -2.16. The van der Waals surface area contributed by atoms with E-state index in [1.54, 1.807) is 12.1 Å². The van der Waals surface area contributed by atoms with E-state index in [1.807, 2.05) is 6.92 Å². The minimum absolute atomic E-state index is 0.242. The molecule has 1 aliphatic rings. The highest BCUT2D eigenvalue weighted by Crippen LogP contribution is 2.38. The van der Waals surface area contributed by atoms with E-state index in [1.165, 1.54) is 6.07 Å². The number of hydrogen-bond donors (Lipinski definition) is 1. The first kappa shape index (κ1) is 14.0. The van der Waals surface area contributed by atoms with E-state index in [0.717, 1.165) is 36.2 Å². The molecule has 0 amide bonds. The number of rotatable bonds is 3. The highest BCUT2D eigenvalue weighted by molar-refractivity contribution is 5.97. The van der Waals surface area contributed by atoms with Crippen molar-refractivity contribution in [2.45, 2.75) is 32.5 Å². The van der Waals surface area contributed by atoms with E-state index >= 15 is 0 Å². The van der Waals surface area contributed by atoms with Crippen LogP contribution in [0.4, 0.5) is 18.9 Å². The fourth-order valence-corrected chi connectivity index (χ4v) is 2.84. The number of ether oxygens (including phenoxy) is 1. The molecule has 3 rings (SSSR count). The number of aromatic nitrogens is 1. The zero-order chi connectivity index (χ0) is 15.0. The smallest absolute Gasteiger partial charge is 0.403 e. The third-order valence-corrected chi connectivity index (χ3v) is 3.58. The zero-order valence-electron chi connectivity index (χ0n) is 11.5. The van der Waals surface area contributed by atoms with Gasteiger partial charge in [0, 0.05) is 23.3 Å². The van der Waals surface area contributed by atoms with E-state index in [0.29, 0.717) is 11.9 Å². The highest BCUT2D eigenvalue weighted by atomic mass is 19.4. The number of anilines is 1. The van der Waals surface area contributed by atoms with Crippen molar-refractivity contribution in [3.8, 4) is 5.75 Å². The zero-order valence-corrected chi connectivity index (χ0v) is 11.5. The van der Waals surface area contributed by atoms with Gasteiger partial charge in [0.1, 0.15) is 5.52 Å². The Hall–Kier alpha value is -1.98. The number of pyridine rings is 1. The Morgan fingerprint density at radius 1 is 1.29 bits per heavy atom. The second-order valence-corrected chi connectivity index (χ2v) is 5.00. The van der Waals surface area contributed by atoms with E-state index < -0.39 is 6.36 Å². The molecule has 0 unspecified atom stereocenters. The molecule has 1 heterocycles. The average Bonchev–Trinajstić information content (AvgIpc) is 2.86. The van der Waals surface area contributed by atoms with Crippen LogP contribution >= 0.6 is 0 Å². The fourth-order valence-electron chi connectivity index (χ4n) is 2.84. The molecule has 21 heavy (non-hydrogen) atoms. The van der Waals surface area contributed by atoms with Gasteiger partial charge in [-0.05, 0) is 37.8 Å². The molecule has 0 spiro atoms. The highest BCUT2D eigenvalue weighted by Gasteiger charge is 2.32. The molecule has 1 N–H and O–H groups in total. The summed E-state index contributed by atoms with van der Waals surface area (Å²) in [5, 5.41) is 3.94. The molecule has 0 saturated heterocycles. The van der Waals surface area contributed by atoms with Gasteiger partial charge >= 0.3 is 6.36 Å². The van der Waals surface area contributed by atoms with Crippen LogP contribution < -0.4 is 10.1 Å². The van der Waals surface area contributed by atoms with E-state index in [4.69, 9.17) is 0 Å². The van der Waals surface area contributed by atoms with Gasteiger partial charge in [-0.2, -0.15) is 0 Å². The molecule has 2 aromatic rings.